The highest BCUT2D eigenvalue weighted by atomic mass is 16.5. The molecule has 23 heavy (non-hydrogen) atoms. The number of carbonyl (C=O) groups excluding carboxylic acids is 2. The Labute approximate surface area is 135 Å². The van der Waals surface area contributed by atoms with Crippen LogP contribution in [0.5, 0.6) is 0 Å². The van der Waals surface area contributed by atoms with Crippen molar-refractivity contribution >= 4 is 11.8 Å². The van der Waals surface area contributed by atoms with Crippen molar-refractivity contribution in [3.05, 3.63) is 82.6 Å². The average Bonchev–Trinajstić information content (AvgIpc) is 2.56. The second-order valence-electron chi connectivity index (χ2n) is 5.82. The molecule has 0 amide bonds. The van der Waals surface area contributed by atoms with Crippen LogP contribution in [0.4, 0.5) is 0 Å². The Bertz CT molecular complexity index is 770. The van der Waals surface area contributed by atoms with E-state index in [0.29, 0.717) is 23.3 Å². The van der Waals surface area contributed by atoms with Crippen LogP contribution in [0, 0.1) is 6.92 Å². The van der Waals surface area contributed by atoms with Crippen molar-refractivity contribution in [3.8, 4) is 0 Å². The van der Waals surface area contributed by atoms with E-state index >= 15 is 0 Å². The van der Waals surface area contributed by atoms with Crippen LogP contribution in [0.2, 0.25) is 0 Å². The number of Topliss-reactive ketones (excluding diaryl/α,β-unsaturated/α-hetero) is 1. The van der Waals surface area contributed by atoms with Gasteiger partial charge in [0.2, 0.25) is 0 Å². The normalized spacial score (nSPS) is 17.8. The third-order valence-corrected chi connectivity index (χ3v) is 4.16. The highest BCUT2D eigenvalue weighted by Gasteiger charge is 2.33. The van der Waals surface area contributed by atoms with E-state index in [4.69, 9.17) is 4.74 Å². The SMILES string of the molecule is CC1=C(C(=O)c2ccccc2)CC(c2ccc(C)cc2)C(=O)O1. The summed E-state index contributed by atoms with van der Waals surface area (Å²) in [5.74, 6) is -0.391. The van der Waals surface area contributed by atoms with Gasteiger partial charge in [-0.3, -0.25) is 9.59 Å². The maximum atomic E-state index is 12.7. The molecule has 3 nitrogen and oxygen atoms in total. The van der Waals surface area contributed by atoms with E-state index in [2.05, 4.69) is 0 Å². The summed E-state index contributed by atoms with van der Waals surface area (Å²) in [4.78, 5) is 24.9. The first-order chi connectivity index (χ1) is 11.1. The average molecular weight is 306 g/mol. The molecule has 0 saturated heterocycles. The number of rotatable bonds is 3. The first-order valence-corrected chi connectivity index (χ1v) is 7.64. The lowest BCUT2D eigenvalue weighted by Crippen LogP contribution is -2.24. The third-order valence-electron chi connectivity index (χ3n) is 4.16. The molecule has 0 spiro atoms. The van der Waals surface area contributed by atoms with Gasteiger partial charge in [-0.15, -0.1) is 0 Å². The van der Waals surface area contributed by atoms with Crippen LogP contribution < -0.4 is 0 Å². The monoisotopic (exact) mass is 306 g/mol. The first kappa shape index (κ1) is 15.2. The van der Waals surface area contributed by atoms with E-state index in [1.54, 1.807) is 19.1 Å². The summed E-state index contributed by atoms with van der Waals surface area (Å²) in [6.45, 7) is 3.68. The molecular formula is C20H18O3. The zero-order valence-corrected chi connectivity index (χ0v) is 13.2. The fourth-order valence-electron chi connectivity index (χ4n) is 2.78. The molecule has 0 aliphatic carbocycles. The molecule has 116 valence electrons. The van der Waals surface area contributed by atoms with Crippen molar-refractivity contribution in [1.29, 1.82) is 0 Å². The maximum Gasteiger partial charge on any atom is 0.318 e. The molecule has 0 saturated carbocycles. The molecule has 1 aliphatic rings. The number of ketones is 1. The van der Waals surface area contributed by atoms with E-state index in [9.17, 15) is 9.59 Å². The van der Waals surface area contributed by atoms with Gasteiger partial charge < -0.3 is 4.74 Å². The predicted molar refractivity (Wildman–Crippen MR) is 88.1 cm³/mol. The van der Waals surface area contributed by atoms with Gasteiger partial charge in [-0.25, -0.2) is 0 Å². The second-order valence-corrected chi connectivity index (χ2v) is 5.82. The van der Waals surface area contributed by atoms with Crippen LogP contribution in [-0.2, 0) is 9.53 Å². The number of aryl methyl sites for hydroxylation is 1. The van der Waals surface area contributed by atoms with Crippen LogP contribution in [0.15, 0.2) is 65.9 Å². The van der Waals surface area contributed by atoms with Gasteiger partial charge in [0.1, 0.15) is 5.76 Å². The van der Waals surface area contributed by atoms with Crippen molar-refractivity contribution in [2.75, 3.05) is 0 Å². The first-order valence-electron chi connectivity index (χ1n) is 7.64. The summed E-state index contributed by atoms with van der Waals surface area (Å²) in [6.07, 6.45) is 0.376. The van der Waals surface area contributed by atoms with Crippen molar-refractivity contribution in [1.82, 2.24) is 0 Å². The summed E-state index contributed by atoms with van der Waals surface area (Å²) < 4.78 is 5.36. The Morgan fingerprint density at radius 3 is 2.30 bits per heavy atom. The Morgan fingerprint density at radius 2 is 1.65 bits per heavy atom. The van der Waals surface area contributed by atoms with Crippen molar-refractivity contribution < 1.29 is 14.3 Å². The molecular weight excluding hydrogens is 288 g/mol. The number of hydrogen-bond acceptors (Lipinski definition) is 3. The number of ether oxygens (including phenoxy) is 1. The number of carbonyl (C=O) groups is 2. The van der Waals surface area contributed by atoms with Crippen LogP contribution in [0.25, 0.3) is 0 Å². The zero-order chi connectivity index (χ0) is 16.4. The summed E-state index contributed by atoms with van der Waals surface area (Å²) in [5, 5.41) is 0. The largest absolute Gasteiger partial charge is 0.430 e. The molecule has 3 heteroatoms. The lowest BCUT2D eigenvalue weighted by atomic mass is 9.86. The lowest BCUT2D eigenvalue weighted by Gasteiger charge is -2.24. The number of allylic oxidation sites excluding steroid dienone is 2. The van der Waals surface area contributed by atoms with Crippen molar-refractivity contribution in [2.24, 2.45) is 0 Å². The molecule has 0 aromatic heterocycles. The molecule has 0 fully saturated rings. The van der Waals surface area contributed by atoms with Gasteiger partial charge in [0.15, 0.2) is 5.78 Å². The van der Waals surface area contributed by atoms with E-state index in [1.165, 1.54) is 0 Å². The van der Waals surface area contributed by atoms with Gasteiger partial charge in [0, 0.05) is 11.1 Å². The molecule has 0 bridgehead atoms. The van der Waals surface area contributed by atoms with Gasteiger partial charge in [-0.2, -0.15) is 0 Å². The van der Waals surface area contributed by atoms with Crippen LogP contribution in [0.3, 0.4) is 0 Å². The minimum absolute atomic E-state index is 0.0762. The maximum absolute atomic E-state index is 12.7. The third kappa shape index (κ3) is 3.09. The van der Waals surface area contributed by atoms with Gasteiger partial charge in [0.05, 0.1) is 5.92 Å². The summed E-state index contributed by atoms with van der Waals surface area (Å²) in [7, 11) is 0. The molecule has 1 heterocycles. The highest BCUT2D eigenvalue weighted by molar-refractivity contribution is 6.10. The summed E-state index contributed by atoms with van der Waals surface area (Å²) in [5.41, 5.74) is 3.19. The molecule has 0 N–H and O–H groups in total. The topological polar surface area (TPSA) is 43.4 Å². The van der Waals surface area contributed by atoms with Gasteiger partial charge >= 0.3 is 5.97 Å². The molecule has 2 aromatic carbocycles. The fraction of sp³-hybridized carbons (Fsp3) is 0.200. The molecule has 3 rings (SSSR count). The standard InChI is InChI=1S/C20H18O3/c1-13-8-10-15(11-9-13)18-12-17(14(2)23-20(18)22)19(21)16-6-4-3-5-7-16/h3-11,18H,12H2,1-2H3. The lowest BCUT2D eigenvalue weighted by molar-refractivity contribution is -0.142. The molecule has 1 atom stereocenters. The van der Waals surface area contributed by atoms with Gasteiger partial charge in [-0.05, 0) is 25.8 Å². The zero-order valence-electron chi connectivity index (χ0n) is 13.2. The quantitative estimate of drug-likeness (QED) is 0.631. The number of esters is 1. The van der Waals surface area contributed by atoms with Gasteiger partial charge in [-0.1, -0.05) is 60.2 Å². The number of benzene rings is 2. The Morgan fingerprint density at radius 1 is 1.00 bits per heavy atom. The minimum Gasteiger partial charge on any atom is -0.430 e. The van der Waals surface area contributed by atoms with Crippen molar-refractivity contribution in [3.63, 3.8) is 0 Å². The van der Waals surface area contributed by atoms with E-state index < -0.39 is 5.92 Å². The molecule has 2 aromatic rings. The predicted octanol–water partition coefficient (Wildman–Crippen LogP) is 4.18. The Hall–Kier alpha value is -2.68. The smallest absolute Gasteiger partial charge is 0.318 e. The van der Waals surface area contributed by atoms with Crippen molar-refractivity contribution in [2.45, 2.75) is 26.2 Å². The minimum atomic E-state index is -0.429. The van der Waals surface area contributed by atoms with Crippen LogP contribution in [0.1, 0.15) is 40.7 Å². The van der Waals surface area contributed by atoms with E-state index in [0.717, 1.165) is 11.1 Å². The fourth-order valence-corrected chi connectivity index (χ4v) is 2.78. The molecule has 1 aliphatic heterocycles. The Kier molecular flexibility index (Phi) is 4.11. The summed E-state index contributed by atoms with van der Waals surface area (Å²) >= 11 is 0. The molecule has 1 unspecified atom stereocenters. The van der Waals surface area contributed by atoms with E-state index in [-0.39, 0.29) is 11.8 Å². The second kappa shape index (κ2) is 6.21. The van der Waals surface area contributed by atoms with Crippen LogP contribution >= 0.6 is 0 Å². The summed E-state index contributed by atoms with van der Waals surface area (Å²) in [6, 6.07) is 16.9. The van der Waals surface area contributed by atoms with Crippen LogP contribution in [-0.4, -0.2) is 11.8 Å². The highest BCUT2D eigenvalue weighted by Crippen LogP contribution is 2.34. The van der Waals surface area contributed by atoms with Gasteiger partial charge in [0.25, 0.3) is 0 Å². The number of cyclic esters (lactones) is 1. The number of hydrogen-bond donors (Lipinski definition) is 0. The molecule has 0 radical (unpaired) electrons. The Balaban J connectivity index is 1.92. The van der Waals surface area contributed by atoms with E-state index in [1.807, 2.05) is 49.4 Å².